The predicted molar refractivity (Wildman–Crippen MR) is 84.5 cm³/mol. The van der Waals surface area contributed by atoms with E-state index in [0.717, 1.165) is 23.5 Å². The van der Waals surface area contributed by atoms with Gasteiger partial charge in [-0.25, -0.2) is 0 Å². The first kappa shape index (κ1) is 13.9. The van der Waals surface area contributed by atoms with Crippen molar-refractivity contribution in [3.8, 4) is 0 Å². The van der Waals surface area contributed by atoms with Crippen LogP contribution >= 0.6 is 0 Å². The lowest BCUT2D eigenvalue weighted by molar-refractivity contribution is 0.101. The summed E-state index contributed by atoms with van der Waals surface area (Å²) in [7, 11) is 1.91. The molecule has 1 fully saturated rings. The molecule has 0 bridgehead atoms. The number of benzene rings is 1. The molecule has 110 valence electrons. The highest BCUT2D eigenvalue weighted by molar-refractivity contribution is 6.03. The van der Waals surface area contributed by atoms with Crippen molar-refractivity contribution in [1.82, 2.24) is 9.88 Å². The van der Waals surface area contributed by atoms with Gasteiger partial charge in [0.2, 0.25) is 0 Å². The van der Waals surface area contributed by atoms with E-state index in [-0.39, 0.29) is 5.91 Å². The van der Waals surface area contributed by atoms with Gasteiger partial charge in [0.25, 0.3) is 5.91 Å². The number of nitrogens with zero attached hydrogens (tertiary/aromatic N) is 1. The summed E-state index contributed by atoms with van der Waals surface area (Å²) in [4.78, 5) is 12.5. The highest BCUT2D eigenvalue weighted by Crippen LogP contribution is 2.32. The molecular weight excluding hydrogens is 262 g/mol. The molecule has 0 atom stereocenters. The molecule has 2 aromatic rings. The van der Waals surface area contributed by atoms with Gasteiger partial charge in [-0.3, -0.25) is 4.79 Å². The normalized spacial score (nSPS) is 14.7. The van der Waals surface area contributed by atoms with Gasteiger partial charge in [0, 0.05) is 24.5 Å². The molecule has 4 nitrogen and oxygen atoms in total. The lowest BCUT2D eigenvalue weighted by atomic mass is 9.93. The topological polar surface area (TPSA) is 46.1 Å². The fourth-order valence-electron chi connectivity index (χ4n) is 2.73. The number of carbonyl (C=O) groups excluding carboxylic acids is 1. The molecule has 1 aromatic heterocycles. The maximum Gasteiger partial charge on any atom is 0.272 e. The Balaban J connectivity index is 1.74. The van der Waals surface area contributed by atoms with E-state index in [1.54, 1.807) is 0 Å². The molecule has 2 N–H and O–H groups in total. The molecule has 1 aliphatic rings. The van der Waals surface area contributed by atoms with E-state index in [1.807, 2.05) is 49.6 Å². The molecular formula is C17H21N3O. The molecule has 0 radical (unpaired) electrons. The van der Waals surface area contributed by atoms with Gasteiger partial charge in [0.1, 0.15) is 5.69 Å². The van der Waals surface area contributed by atoms with Gasteiger partial charge in [-0.15, -0.1) is 0 Å². The van der Waals surface area contributed by atoms with Crippen molar-refractivity contribution in [2.75, 3.05) is 12.4 Å². The average Bonchev–Trinajstić information content (AvgIpc) is 2.86. The summed E-state index contributed by atoms with van der Waals surface area (Å²) in [5, 5.41) is 6.11. The van der Waals surface area contributed by atoms with E-state index >= 15 is 0 Å². The molecule has 0 saturated heterocycles. The van der Waals surface area contributed by atoms with E-state index in [1.165, 1.54) is 19.3 Å². The van der Waals surface area contributed by atoms with Gasteiger partial charge in [0.15, 0.2) is 0 Å². The Labute approximate surface area is 125 Å². The van der Waals surface area contributed by atoms with Crippen LogP contribution in [0.25, 0.3) is 0 Å². The molecule has 1 saturated carbocycles. The van der Waals surface area contributed by atoms with Crippen molar-refractivity contribution in [1.29, 1.82) is 0 Å². The summed E-state index contributed by atoms with van der Waals surface area (Å²) < 4.78 is 2.11. The third-order valence-corrected chi connectivity index (χ3v) is 4.05. The number of anilines is 1. The number of nitrogens with one attached hydrogen (secondary N) is 2. The van der Waals surface area contributed by atoms with Crippen LogP contribution in [0, 0.1) is 0 Å². The lowest BCUT2D eigenvalue weighted by Crippen LogP contribution is -2.23. The molecule has 0 spiro atoms. The zero-order chi connectivity index (χ0) is 14.7. The Kier molecular flexibility index (Phi) is 4.06. The van der Waals surface area contributed by atoms with Crippen LogP contribution in [0.2, 0.25) is 0 Å². The number of aromatic nitrogens is 1. The van der Waals surface area contributed by atoms with E-state index in [4.69, 9.17) is 0 Å². The van der Waals surface area contributed by atoms with E-state index in [9.17, 15) is 4.79 Å². The zero-order valence-corrected chi connectivity index (χ0v) is 12.3. The number of rotatable bonds is 5. The van der Waals surface area contributed by atoms with Crippen molar-refractivity contribution in [3.63, 3.8) is 0 Å². The van der Waals surface area contributed by atoms with Crippen molar-refractivity contribution in [3.05, 3.63) is 53.9 Å². The standard InChI is InChI=1S/C17H21N3O/c1-18-12-13-5-2-6-14(11-13)19-17(21)16-9-4-10-20(16)15-7-3-8-15/h2,4-6,9-11,15,18H,3,7-8,12H2,1H3,(H,19,21). The summed E-state index contributed by atoms with van der Waals surface area (Å²) in [6.45, 7) is 0.794. The van der Waals surface area contributed by atoms with Gasteiger partial charge < -0.3 is 15.2 Å². The fourth-order valence-corrected chi connectivity index (χ4v) is 2.73. The Morgan fingerprint density at radius 3 is 2.86 bits per heavy atom. The first-order valence-electron chi connectivity index (χ1n) is 7.49. The van der Waals surface area contributed by atoms with Crippen molar-refractivity contribution >= 4 is 11.6 Å². The third kappa shape index (κ3) is 3.00. The molecule has 21 heavy (non-hydrogen) atoms. The highest BCUT2D eigenvalue weighted by atomic mass is 16.1. The fraction of sp³-hybridized carbons (Fsp3) is 0.353. The van der Waals surface area contributed by atoms with Crippen LogP contribution in [-0.2, 0) is 6.54 Å². The Morgan fingerprint density at radius 2 is 2.14 bits per heavy atom. The second-order valence-electron chi connectivity index (χ2n) is 5.57. The molecule has 1 heterocycles. The first-order valence-corrected chi connectivity index (χ1v) is 7.49. The number of amides is 1. The summed E-state index contributed by atoms with van der Waals surface area (Å²) >= 11 is 0. The minimum Gasteiger partial charge on any atom is -0.340 e. The number of carbonyl (C=O) groups is 1. The molecule has 4 heteroatoms. The number of hydrogen-bond acceptors (Lipinski definition) is 2. The van der Waals surface area contributed by atoms with Crippen LogP contribution in [0.4, 0.5) is 5.69 Å². The van der Waals surface area contributed by atoms with Crippen LogP contribution < -0.4 is 10.6 Å². The molecule has 0 aliphatic heterocycles. The SMILES string of the molecule is CNCc1cccc(NC(=O)c2cccn2C2CCC2)c1. The molecule has 0 unspecified atom stereocenters. The average molecular weight is 283 g/mol. The van der Waals surface area contributed by atoms with Crippen molar-refractivity contribution in [2.45, 2.75) is 31.8 Å². The Bertz CT molecular complexity index is 628. The molecule has 3 rings (SSSR count). The van der Waals surface area contributed by atoms with E-state index < -0.39 is 0 Å². The number of hydrogen-bond donors (Lipinski definition) is 2. The quantitative estimate of drug-likeness (QED) is 0.885. The summed E-state index contributed by atoms with van der Waals surface area (Å²) in [6, 6.07) is 12.3. The lowest BCUT2D eigenvalue weighted by Gasteiger charge is -2.28. The molecule has 1 aliphatic carbocycles. The van der Waals surface area contributed by atoms with Crippen LogP contribution in [0.3, 0.4) is 0 Å². The van der Waals surface area contributed by atoms with Gasteiger partial charge in [0.05, 0.1) is 0 Å². The smallest absolute Gasteiger partial charge is 0.272 e. The summed E-state index contributed by atoms with van der Waals surface area (Å²) in [5.41, 5.74) is 2.75. The van der Waals surface area contributed by atoms with Gasteiger partial charge in [-0.1, -0.05) is 12.1 Å². The first-order chi connectivity index (χ1) is 10.3. The highest BCUT2D eigenvalue weighted by Gasteiger charge is 2.23. The van der Waals surface area contributed by atoms with Gasteiger partial charge in [-0.05, 0) is 56.1 Å². The summed E-state index contributed by atoms with van der Waals surface area (Å²) in [6.07, 6.45) is 5.62. The second kappa shape index (κ2) is 6.14. The third-order valence-electron chi connectivity index (χ3n) is 4.05. The van der Waals surface area contributed by atoms with Crippen LogP contribution in [0.5, 0.6) is 0 Å². The minimum absolute atomic E-state index is 0.0338. The summed E-state index contributed by atoms with van der Waals surface area (Å²) in [5.74, 6) is -0.0338. The zero-order valence-electron chi connectivity index (χ0n) is 12.3. The van der Waals surface area contributed by atoms with Gasteiger partial charge >= 0.3 is 0 Å². The van der Waals surface area contributed by atoms with Crippen LogP contribution in [0.15, 0.2) is 42.6 Å². The van der Waals surface area contributed by atoms with Crippen molar-refractivity contribution in [2.24, 2.45) is 0 Å². The van der Waals surface area contributed by atoms with Crippen molar-refractivity contribution < 1.29 is 4.79 Å². The maximum absolute atomic E-state index is 12.5. The molecule has 1 aromatic carbocycles. The predicted octanol–water partition coefficient (Wildman–Crippen LogP) is 3.18. The van der Waals surface area contributed by atoms with Crippen LogP contribution in [0.1, 0.15) is 41.4 Å². The van der Waals surface area contributed by atoms with E-state index in [2.05, 4.69) is 15.2 Å². The maximum atomic E-state index is 12.5. The largest absolute Gasteiger partial charge is 0.340 e. The van der Waals surface area contributed by atoms with E-state index in [0.29, 0.717) is 6.04 Å². The minimum atomic E-state index is -0.0338. The van der Waals surface area contributed by atoms with Gasteiger partial charge in [-0.2, -0.15) is 0 Å². The second-order valence-corrected chi connectivity index (χ2v) is 5.57. The molecule has 1 amide bonds. The Morgan fingerprint density at radius 1 is 1.29 bits per heavy atom. The Hall–Kier alpha value is -2.07. The van der Waals surface area contributed by atoms with Crippen LogP contribution in [-0.4, -0.2) is 17.5 Å². The monoisotopic (exact) mass is 283 g/mol.